The van der Waals surface area contributed by atoms with Crippen molar-refractivity contribution in [2.75, 3.05) is 29.0 Å². The summed E-state index contributed by atoms with van der Waals surface area (Å²) < 4.78 is 25.3. The van der Waals surface area contributed by atoms with Gasteiger partial charge in [0.2, 0.25) is 10.0 Å². The summed E-state index contributed by atoms with van der Waals surface area (Å²) in [7, 11) is -3.39. The van der Waals surface area contributed by atoms with Crippen LogP contribution in [0.15, 0.2) is 42.5 Å². The third kappa shape index (κ3) is 5.01. The minimum absolute atomic E-state index is 0.228. The lowest BCUT2D eigenvalue weighted by Crippen LogP contribution is -2.24. The van der Waals surface area contributed by atoms with Crippen LogP contribution in [0.1, 0.15) is 34.3 Å². The number of benzene rings is 2. The zero-order chi connectivity index (χ0) is 19.4. The average Bonchev–Trinajstić information content (AvgIpc) is 3.15. The summed E-state index contributed by atoms with van der Waals surface area (Å²) in [5.41, 5.74) is 3.72. The molecule has 27 heavy (non-hydrogen) atoms. The normalized spacial score (nSPS) is 14.2. The fourth-order valence-electron chi connectivity index (χ4n) is 3.27. The molecule has 0 radical (unpaired) electrons. The van der Waals surface area contributed by atoms with Crippen molar-refractivity contribution in [3.05, 3.63) is 59.2 Å². The van der Waals surface area contributed by atoms with Crippen molar-refractivity contribution in [1.82, 2.24) is 5.32 Å². The average molecular weight is 388 g/mol. The van der Waals surface area contributed by atoms with Gasteiger partial charge in [0.05, 0.1) is 11.9 Å². The molecular weight excluding hydrogens is 362 g/mol. The SMILES string of the molecule is Cc1c(NS(C)(=O)=O)cccc1C(=O)NCc1ccc(N2CCCC2)cc1. The second-order valence-corrected chi connectivity index (χ2v) is 8.64. The van der Waals surface area contributed by atoms with E-state index in [1.165, 1.54) is 18.5 Å². The third-order valence-electron chi connectivity index (χ3n) is 4.73. The molecule has 0 aliphatic carbocycles. The quantitative estimate of drug-likeness (QED) is 0.799. The zero-order valence-electron chi connectivity index (χ0n) is 15.7. The van der Waals surface area contributed by atoms with Crippen molar-refractivity contribution in [3.8, 4) is 0 Å². The Bertz CT molecular complexity index is 918. The first kappa shape index (κ1) is 19.2. The van der Waals surface area contributed by atoms with Gasteiger partial charge in [0.15, 0.2) is 0 Å². The number of rotatable bonds is 6. The summed E-state index contributed by atoms with van der Waals surface area (Å²) in [6.07, 6.45) is 3.57. The number of hydrogen-bond acceptors (Lipinski definition) is 4. The molecule has 1 fully saturated rings. The molecule has 0 bridgehead atoms. The number of nitrogens with one attached hydrogen (secondary N) is 2. The number of sulfonamides is 1. The second-order valence-electron chi connectivity index (χ2n) is 6.90. The Morgan fingerprint density at radius 3 is 2.37 bits per heavy atom. The highest BCUT2D eigenvalue weighted by Crippen LogP contribution is 2.21. The van der Waals surface area contributed by atoms with Crippen LogP contribution in [0.25, 0.3) is 0 Å². The number of hydrogen-bond donors (Lipinski definition) is 2. The lowest BCUT2D eigenvalue weighted by Gasteiger charge is -2.18. The number of nitrogens with zero attached hydrogens (tertiary/aromatic N) is 1. The number of anilines is 2. The van der Waals surface area contributed by atoms with Gasteiger partial charge in [0, 0.05) is 30.9 Å². The fraction of sp³-hybridized carbons (Fsp3) is 0.350. The fourth-order valence-corrected chi connectivity index (χ4v) is 3.89. The van der Waals surface area contributed by atoms with E-state index in [1.54, 1.807) is 25.1 Å². The van der Waals surface area contributed by atoms with Crippen LogP contribution in [-0.2, 0) is 16.6 Å². The molecule has 0 atom stereocenters. The molecule has 1 heterocycles. The summed E-state index contributed by atoms with van der Waals surface area (Å²) in [5.74, 6) is -0.228. The highest BCUT2D eigenvalue weighted by Gasteiger charge is 2.14. The maximum Gasteiger partial charge on any atom is 0.251 e. The third-order valence-corrected chi connectivity index (χ3v) is 5.33. The lowest BCUT2D eigenvalue weighted by molar-refractivity contribution is 0.0950. The predicted molar refractivity (Wildman–Crippen MR) is 109 cm³/mol. The largest absolute Gasteiger partial charge is 0.372 e. The van der Waals surface area contributed by atoms with Crippen molar-refractivity contribution < 1.29 is 13.2 Å². The lowest BCUT2D eigenvalue weighted by atomic mass is 10.1. The summed E-state index contributed by atoms with van der Waals surface area (Å²) >= 11 is 0. The van der Waals surface area contributed by atoms with E-state index in [0.29, 0.717) is 23.4 Å². The molecule has 2 aromatic rings. The monoisotopic (exact) mass is 387 g/mol. The van der Waals surface area contributed by atoms with Crippen LogP contribution in [0.4, 0.5) is 11.4 Å². The van der Waals surface area contributed by atoms with Crippen LogP contribution in [0.5, 0.6) is 0 Å². The Morgan fingerprint density at radius 1 is 1.07 bits per heavy atom. The topological polar surface area (TPSA) is 78.5 Å². The number of amides is 1. The van der Waals surface area contributed by atoms with Gasteiger partial charge in [-0.05, 0) is 55.2 Å². The zero-order valence-corrected chi connectivity index (χ0v) is 16.5. The molecule has 1 aliphatic heterocycles. The van der Waals surface area contributed by atoms with E-state index < -0.39 is 10.0 Å². The van der Waals surface area contributed by atoms with Crippen molar-refractivity contribution in [2.24, 2.45) is 0 Å². The first-order valence-corrected chi connectivity index (χ1v) is 10.9. The van der Waals surface area contributed by atoms with E-state index in [9.17, 15) is 13.2 Å². The Balaban J connectivity index is 1.64. The molecule has 0 unspecified atom stereocenters. The van der Waals surface area contributed by atoms with Gasteiger partial charge >= 0.3 is 0 Å². The van der Waals surface area contributed by atoms with Crippen molar-refractivity contribution in [3.63, 3.8) is 0 Å². The van der Waals surface area contributed by atoms with Gasteiger partial charge in [-0.1, -0.05) is 18.2 Å². The molecular formula is C20H25N3O3S. The minimum atomic E-state index is -3.39. The summed E-state index contributed by atoms with van der Waals surface area (Å²) in [4.78, 5) is 14.9. The summed E-state index contributed by atoms with van der Waals surface area (Å²) in [5, 5.41) is 2.91. The number of carbonyl (C=O) groups excluding carboxylic acids is 1. The second kappa shape index (κ2) is 8.00. The maximum atomic E-state index is 12.5. The van der Waals surface area contributed by atoms with Crippen LogP contribution in [-0.4, -0.2) is 33.7 Å². The molecule has 1 saturated heterocycles. The Labute approximate surface area is 160 Å². The molecule has 0 aromatic heterocycles. The molecule has 1 amide bonds. The Morgan fingerprint density at radius 2 is 1.74 bits per heavy atom. The summed E-state index contributed by atoms with van der Waals surface area (Å²) in [6, 6.07) is 13.2. The smallest absolute Gasteiger partial charge is 0.251 e. The van der Waals surface area contributed by atoms with E-state index >= 15 is 0 Å². The first-order valence-electron chi connectivity index (χ1n) is 9.03. The molecule has 1 aliphatic rings. The highest BCUT2D eigenvalue weighted by molar-refractivity contribution is 7.92. The van der Waals surface area contributed by atoms with Crippen molar-refractivity contribution in [2.45, 2.75) is 26.3 Å². The van der Waals surface area contributed by atoms with Crippen LogP contribution >= 0.6 is 0 Å². The predicted octanol–water partition coefficient (Wildman–Crippen LogP) is 2.90. The minimum Gasteiger partial charge on any atom is -0.372 e. The molecule has 0 spiro atoms. The first-order chi connectivity index (χ1) is 12.8. The summed E-state index contributed by atoms with van der Waals surface area (Å²) in [6.45, 7) is 4.36. The van der Waals surface area contributed by atoms with E-state index in [4.69, 9.17) is 0 Å². The van der Waals surface area contributed by atoms with E-state index in [0.717, 1.165) is 24.9 Å². The van der Waals surface area contributed by atoms with Gasteiger partial charge in [-0.25, -0.2) is 8.42 Å². The van der Waals surface area contributed by atoms with Crippen LogP contribution in [0.3, 0.4) is 0 Å². The van der Waals surface area contributed by atoms with Crippen LogP contribution in [0, 0.1) is 6.92 Å². The van der Waals surface area contributed by atoms with E-state index in [2.05, 4.69) is 27.1 Å². The molecule has 6 nitrogen and oxygen atoms in total. The van der Waals surface area contributed by atoms with Gasteiger partial charge in [-0.2, -0.15) is 0 Å². The van der Waals surface area contributed by atoms with Gasteiger partial charge in [-0.15, -0.1) is 0 Å². The molecule has 3 rings (SSSR count). The van der Waals surface area contributed by atoms with Crippen LogP contribution in [0.2, 0.25) is 0 Å². The Kier molecular flexibility index (Phi) is 5.70. The molecule has 2 aromatic carbocycles. The highest BCUT2D eigenvalue weighted by atomic mass is 32.2. The van der Waals surface area contributed by atoms with Gasteiger partial charge in [0.1, 0.15) is 0 Å². The van der Waals surface area contributed by atoms with Crippen molar-refractivity contribution >= 4 is 27.3 Å². The van der Waals surface area contributed by atoms with E-state index in [1.807, 2.05) is 12.1 Å². The standard InChI is InChI=1S/C20H25N3O3S/c1-15-18(6-5-7-19(15)22-27(2,25)26)20(24)21-14-16-8-10-17(11-9-16)23-12-3-4-13-23/h5-11,22H,3-4,12-14H2,1-2H3,(H,21,24). The van der Waals surface area contributed by atoms with Crippen LogP contribution < -0.4 is 14.9 Å². The van der Waals surface area contributed by atoms with Gasteiger partial charge in [0.25, 0.3) is 5.91 Å². The molecule has 144 valence electrons. The van der Waals surface area contributed by atoms with Gasteiger partial charge in [-0.3, -0.25) is 9.52 Å². The number of carbonyl (C=O) groups is 1. The van der Waals surface area contributed by atoms with E-state index in [-0.39, 0.29) is 5.91 Å². The van der Waals surface area contributed by atoms with Gasteiger partial charge < -0.3 is 10.2 Å². The molecule has 0 saturated carbocycles. The Hall–Kier alpha value is -2.54. The van der Waals surface area contributed by atoms with Crippen molar-refractivity contribution in [1.29, 1.82) is 0 Å². The maximum absolute atomic E-state index is 12.5. The molecule has 7 heteroatoms. The molecule has 2 N–H and O–H groups in total.